The largest absolute Gasteiger partial charge is 0.481 e. The minimum absolute atomic E-state index is 0.572. The van der Waals surface area contributed by atoms with E-state index >= 15 is 0 Å². The third-order valence-electron chi connectivity index (χ3n) is 3.17. The summed E-state index contributed by atoms with van der Waals surface area (Å²) in [6, 6.07) is 10.1. The van der Waals surface area contributed by atoms with E-state index in [2.05, 4.69) is 40.0 Å². The molecular formula is C16H22N4O. The maximum Gasteiger partial charge on any atom is 0.233 e. The molecule has 2 rings (SSSR count). The van der Waals surface area contributed by atoms with Crippen molar-refractivity contribution >= 4 is 11.6 Å². The summed E-state index contributed by atoms with van der Waals surface area (Å²) in [4.78, 5) is 11.1. The first-order valence-corrected chi connectivity index (χ1v) is 7.08. The molecule has 0 aliphatic rings. The Bertz CT molecular complexity index is 601. The van der Waals surface area contributed by atoms with Crippen molar-refractivity contribution in [3.05, 3.63) is 41.6 Å². The average Bonchev–Trinajstić information content (AvgIpc) is 2.47. The van der Waals surface area contributed by atoms with Crippen molar-refractivity contribution in [1.29, 1.82) is 0 Å². The fourth-order valence-corrected chi connectivity index (χ4v) is 2.14. The molecule has 5 nitrogen and oxygen atoms in total. The number of hydrogen-bond acceptors (Lipinski definition) is 5. The van der Waals surface area contributed by atoms with Crippen LogP contribution in [-0.2, 0) is 0 Å². The molecule has 0 aliphatic heterocycles. The molecule has 1 aromatic heterocycles. The Balaban J connectivity index is 2.42. The minimum atomic E-state index is 0.572. The van der Waals surface area contributed by atoms with Gasteiger partial charge in [0, 0.05) is 24.0 Å². The molecule has 0 atom stereocenters. The van der Waals surface area contributed by atoms with E-state index in [9.17, 15) is 0 Å². The summed E-state index contributed by atoms with van der Waals surface area (Å²) in [7, 11) is 1.61. The molecule has 0 amide bonds. The molecular weight excluding hydrogens is 264 g/mol. The van der Waals surface area contributed by atoms with Gasteiger partial charge >= 0.3 is 0 Å². The maximum atomic E-state index is 5.66. The van der Waals surface area contributed by atoms with Crippen LogP contribution in [0.2, 0.25) is 0 Å². The molecule has 0 fully saturated rings. The summed E-state index contributed by atoms with van der Waals surface area (Å²) in [5, 5.41) is 0. The number of benzene rings is 1. The van der Waals surface area contributed by atoms with Crippen molar-refractivity contribution < 1.29 is 4.74 Å². The molecule has 5 heteroatoms. The average molecular weight is 286 g/mol. The first-order chi connectivity index (χ1) is 10.1. The number of anilines is 2. The lowest BCUT2D eigenvalue weighted by molar-refractivity contribution is 0.396. The summed E-state index contributed by atoms with van der Waals surface area (Å²) in [5.74, 6) is 1.22. The van der Waals surface area contributed by atoms with Gasteiger partial charge in [0.25, 0.3) is 0 Å². The van der Waals surface area contributed by atoms with Crippen molar-refractivity contribution in [2.45, 2.75) is 20.3 Å². The highest BCUT2D eigenvalue weighted by Crippen LogP contribution is 2.25. The molecule has 0 unspecified atom stereocenters. The SMILES string of the molecule is COc1cc(C)nc(N(CCCN)c2cccc(C)c2)n1. The van der Waals surface area contributed by atoms with Gasteiger partial charge in [0.1, 0.15) is 0 Å². The Labute approximate surface area is 125 Å². The third-order valence-corrected chi connectivity index (χ3v) is 3.17. The minimum Gasteiger partial charge on any atom is -0.481 e. The zero-order chi connectivity index (χ0) is 15.2. The van der Waals surface area contributed by atoms with Crippen LogP contribution in [0.5, 0.6) is 5.88 Å². The normalized spacial score (nSPS) is 10.5. The second kappa shape index (κ2) is 7.04. The van der Waals surface area contributed by atoms with Gasteiger partial charge in [0.05, 0.1) is 7.11 Å². The third kappa shape index (κ3) is 3.92. The van der Waals surface area contributed by atoms with Crippen molar-refractivity contribution in [2.24, 2.45) is 5.73 Å². The summed E-state index contributed by atoms with van der Waals surface area (Å²) in [6.45, 7) is 5.41. The van der Waals surface area contributed by atoms with Gasteiger partial charge in [0.15, 0.2) is 0 Å². The number of methoxy groups -OCH3 is 1. The van der Waals surface area contributed by atoms with Crippen LogP contribution in [0.4, 0.5) is 11.6 Å². The molecule has 0 radical (unpaired) electrons. The van der Waals surface area contributed by atoms with Gasteiger partial charge in [0.2, 0.25) is 11.8 Å². The standard InChI is InChI=1S/C16H22N4O/c1-12-6-4-7-14(10-12)20(9-5-8-17)16-18-13(2)11-15(19-16)21-3/h4,6-7,10-11H,5,8-9,17H2,1-3H3. The number of aryl methyl sites for hydroxylation is 2. The van der Waals surface area contributed by atoms with Gasteiger partial charge in [-0.15, -0.1) is 0 Å². The molecule has 0 saturated carbocycles. The Morgan fingerprint density at radius 3 is 2.67 bits per heavy atom. The molecule has 1 heterocycles. The van der Waals surface area contributed by atoms with Gasteiger partial charge in [-0.3, -0.25) is 0 Å². The highest BCUT2D eigenvalue weighted by atomic mass is 16.5. The van der Waals surface area contributed by atoms with Crippen LogP contribution >= 0.6 is 0 Å². The highest BCUT2D eigenvalue weighted by Gasteiger charge is 2.14. The number of ether oxygens (including phenoxy) is 1. The van der Waals surface area contributed by atoms with Gasteiger partial charge in [-0.2, -0.15) is 4.98 Å². The van der Waals surface area contributed by atoms with Crippen LogP contribution in [0.15, 0.2) is 30.3 Å². The fourth-order valence-electron chi connectivity index (χ4n) is 2.14. The first-order valence-electron chi connectivity index (χ1n) is 7.08. The predicted octanol–water partition coefficient (Wildman–Crippen LogP) is 2.59. The van der Waals surface area contributed by atoms with Gasteiger partial charge in [-0.25, -0.2) is 4.98 Å². The fraction of sp³-hybridized carbons (Fsp3) is 0.375. The second-order valence-corrected chi connectivity index (χ2v) is 4.98. The highest BCUT2D eigenvalue weighted by molar-refractivity contribution is 5.58. The zero-order valence-corrected chi connectivity index (χ0v) is 12.8. The number of rotatable bonds is 6. The molecule has 0 spiro atoms. The van der Waals surface area contributed by atoms with Crippen molar-refractivity contribution in [3.8, 4) is 5.88 Å². The number of nitrogens with zero attached hydrogens (tertiary/aromatic N) is 3. The summed E-state index contributed by atoms with van der Waals surface area (Å²) >= 11 is 0. The van der Waals surface area contributed by atoms with Crippen molar-refractivity contribution in [3.63, 3.8) is 0 Å². The molecule has 21 heavy (non-hydrogen) atoms. The van der Waals surface area contributed by atoms with E-state index in [0.717, 1.165) is 24.3 Å². The van der Waals surface area contributed by atoms with E-state index in [0.29, 0.717) is 18.4 Å². The summed E-state index contributed by atoms with van der Waals surface area (Å²) in [6.07, 6.45) is 0.869. The molecule has 112 valence electrons. The van der Waals surface area contributed by atoms with E-state index < -0.39 is 0 Å². The van der Waals surface area contributed by atoms with Crippen molar-refractivity contribution in [1.82, 2.24) is 9.97 Å². The quantitative estimate of drug-likeness (QED) is 0.884. The Morgan fingerprint density at radius 1 is 1.19 bits per heavy atom. The first kappa shape index (κ1) is 15.3. The van der Waals surface area contributed by atoms with E-state index in [1.54, 1.807) is 7.11 Å². The predicted molar refractivity (Wildman–Crippen MR) is 85.2 cm³/mol. The smallest absolute Gasteiger partial charge is 0.233 e. The van der Waals surface area contributed by atoms with Gasteiger partial charge in [-0.05, 0) is 44.5 Å². The summed E-state index contributed by atoms with van der Waals surface area (Å²) in [5.41, 5.74) is 8.80. The van der Waals surface area contributed by atoms with Crippen LogP contribution in [-0.4, -0.2) is 30.2 Å². The van der Waals surface area contributed by atoms with Crippen LogP contribution < -0.4 is 15.4 Å². The Morgan fingerprint density at radius 2 is 2.00 bits per heavy atom. The molecule has 0 saturated heterocycles. The molecule has 2 N–H and O–H groups in total. The van der Waals surface area contributed by atoms with E-state index in [4.69, 9.17) is 10.5 Å². The summed E-state index contributed by atoms with van der Waals surface area (Å²) < 4.78 is 5.25. The van der Waals surface area contributed by atoms with Crippen LogP contribution in [0.1, 0.15) is 17.7 Å². The number of aromatic nitrogens is 2. The van der Waals surface area contributed by atoms with Gasteiger partial charge in [-0.1, -0.05) is 12.1 Å². The lowest BCUT2D eigenvalue weighted by Crippen LogP contribution is -2.23. The van der Waals surface area contributed by atoms with Crippen LogP contribution in [0.25, 0.3) is 0 Å². The lowest BCUT2D eigenvalue weighted by Gasteiger charge is -2.23. The molecule has 0 aliphatic carbocycles. The second-order valence-electron chi connectivity index (χ2n) is 4.98. The van der Waals surface area contributed by atoms with E-state index in [1.165, 1.54) is 5.56 Å². The van der Waals surface area contributed by atoms with Crippen LogP contribution in [0.3, 0.4) is 0 Å². The van der Waals surface area contributed by atoms with Gasteiger partial charge < -0.3 is 15.4 Å². The van der Waals surface area contributed by atoms with Crippen molar-refractivity contribution in [2.75, 3.05) is 25.1 Å². The number of nitrogens with two attached hydrogens (primary N) is 1. The Kier molecular flexibility index (Phi) is 5.11. The molecule has 2 aromatic rings. The maximum absolute atomic E-state index is 5.66. The zero-order valence-electron chi connectivity index (χ0n) is 12.8. The van der Waals surface area contributed by atoms with E-state index in [1.807, 2.05) is 19.1 Å². The molecule has 1 aromatic carbocycles. The van der Waals surface area contributed by atoms with Crippen LogP contribution in [0, 0.1) is 13.8 Å². The number of hydrogen-bond donors (Lipinski definition) is 1. The molecule has 0 bridgehead atoms. The monoisotopic (exact) mass is 286 g/mol. The van der Waals surface area contributed by atoms with E-state index in [-0.39, 0.29) is 0 Å². The Hall–Kier alpha value is -2.14. The lowest BCUT2D eigenvalue weighted by atomic mass is 10.2. The topological polar surface area (TPSA) is 64.3 Å².